The van der Waals surface area contributed by atoms with Crippen molar-refractivity contribution in [1.82, 2.24) is 0 Å². The molecule has 45 heavy (non-hydrogen) atoms. The number of ether oxygens (including phenoxy) is 2. The normalized spacial score (nSPS) is 20.6. The van der Waals surface area contributed by atoms with E-state index in [4.69, 9.17) is 9.47 Å². The molecule has 2 atom stereocenters. The van der Waals surface area contributed by atoms with Crippen molar-refractivity contribution in [2.75, 3.05) is 23.4 Å². The Morgan fingerprint density at radius 1 is 0.667 bits per heavy atom. The lowest BCUT2D eigenvalue weighted by Gasteiger charge is -2.45. The number of amides is 3. The Kier molecular flexibility index (Phi) is 7.00. The number of hydrogen-bond donors (Lipinski definition) is 1. The van der Waals surface area contributed by atoms with Crippen molar-refractivity contribution in [3.8, 4) is 0 Å². The van der Waals surface area contributed by atoms with Gasteiger partial charge >= 0.3 is 11.9 Å². The Labute approximate surface area is 258 Å². The molecule has 1 heterocycles. The van der Waals surface area contributed by atoms with E-state index < -0.39 is 36.3 Å². The first kappa shape index (κ1) is 28.2. The highest BCUT2D eigenvalue weighted by molar-refractivity contribution is 6.25. The van der Waals surface area contributed by atoms with Gasteiger partial charge in [-0.15, -0.1) is 0 Å². The van der Waals surface area contributed by atoms with Gasteiger partial charge in [0.05, 0.1) is 35.3 Å². The summed E-state index contributed by atoms with van der Waals surface area (Å²) >= 11 is 0. The van der Waals surface area contributed by atoms with E-state index in [1.165, 1.54) is 30.3 Å². The molecule has 1 saturated heterocycles. The molecule has 1 N–H and O–H groups in total. The van der Waals surface area contributed by atoms with Crippen LogP contribution < -0.4 is 10.2 Å². The highest BCUT2D eigenvalue weighted by Crippen LogP contribution is 2.61. The third-order valence-electron chi connectivity index (χ3n) is 8.83. The molecule has 224 valence electrons. The van der Waals surface area contributed by atoms with E-state index in [2.05, 4.69) is 5.32 Å². The molecule has 0 saturated carbocycles. The maximum atomic E-state index is 14.2. The maximum absolute atomic E-state index is 14.2. The van der Waals surface area contributed by atoms with Crippen LogP contribution in [0, 0.1) is 11.8 Å². The molecule has 8 rings (SSSR count). The molecule has 4 aromatic rings. The Hall–Kier alpha value is -5.57. The zero-order chi connectivity index (χ0) is 31.2. The van der Waals surface area contributed by atoms with Gasteiger partial charge in [0.1, 0.15) is 0 Å². The van der Waals surface area contributed by atoms with Crippen molar-refractivity contribution in [2.45, 2.75) is 18.8 Å². The van der Waals surface area contributed by atoms with E-state index in [1.54, 1.807) is 25.1 Å². The number of esters is 2. The molecule has 4 aliphatic rings. The molecule has 3 aliphatic carbocycles. The first-order chi connectivity index (χ1) is 21.9. The lowest BCUT2D eigenvalue weighted by Crippen LogP contribution is -2.41. The van der Waals surface area contributed by atoms with Crippen LogP contribution in [0.2, 0.25) is 0 Å². The van der Waals surface area contributed by atoms with E-state index in [0.717, 1.165) is 27.2 Å². The van der Waals surface area contributed by atoms with Crippen molar-refractivity contribution in [2.24, 2.45) is 11.8 Å². The molecular formula is C36H28N2O7. The van der Waals surface area contributed by atoms with Crippen molar-refractivity contribution in [1.29, 1.82) is 0 Å². The maximum Gasteiger partial charge on any atom is 0.340 e. The lowest BCUT2D eigenvalue weighted by molar-refractivity contribution is -0.122. The standard InChI is InChI=1S/C36H28N2O7/c1-2-44-35(42)20-15-17-21(18-16-20)37-28(39)19-45-36(43)26-13-7-8-14-27(26)38-33(40)31-29-22-9-3-4-10-23(22)30(32(31)34(38)41)25-12-6-5-11-24(25)29/h3-18,29-32H,2,19H2,1H3,(H,37,39)/t29?,30?,31-,32-/m1/s1. The summed E-state index contributed by atoms with van der Waals surface area (Å²) in [5, 5.41) is 2.61. The number of carbonyl (C=O) groups excluding carboxylic acids is 5. The van der Waals surface area contributed by atoms with Crippen LogP contribution in [-0.2, 0) is 23.9 Å². The Bertz CT molecular complexity index is 1770. The van der Waals surface area contributed by atoms with E-state index in [1.807, 2.05) is 48.5 Å². The largest absolute Gasteiger partial charge is 0.462 e. The highest BCUT2D eigenvalue weighted by atomic mass is 16.5. The Balaban J connectivity index is 1.11. The van der Waals surface area contributed by atoms with Gasteiger partial charge in [0, 0.05) is 17.5 Å². The SMILES string of the molecule is CCOC(=O)c1ccc(NC(=O)COC(=O)c2ccccc2N2C(=O)[C@@H]3C4c5ccccc5C(c5ccccc54)[C@H]3C2=O)cc1. The predicted octanol–water partition coefficient (Wildman–Crippen LogP) is 5.06. The Morgan fingerprint density at radius 3 is 1.71 bits per heavy atom. The summed E-state index contributed by atoms with van der Waals surface area (Å²) in [6.45, 7) is 1.35. The molecule has 9 heteroatoms. The minimum Gasteiger partial charge on any atom is -0.462 e. The number of anilines is 2. The highest BCUT2D eigenvalue weighted by Gasteiger charge is 2.62. The van der Waals surface area contributed by atoms with Crippen LogP contribution in [0.5, 0.6) is 0 Å². The van der Waals surface area contributed by atoms with Gasteiger partial charge in [-0.05, 0) is 65.6 Å². The third-order valence-corrected chi connectivity index (χ3v) is 8.83. The van der Waals surface area contributed by atoms with Crippen LogP contribution in [0.3, 0.4) is 0 Å². The second-order valence-electron chi connectivity index (χ2n) is 11.2. The molecule has 1 fully saturated rings. The van der Waals surface area contributed by atoms with Gasteiger partial charge in [0.25, 0.3) is 5.91 Å². The fourth-order valence-corrected chi connectivity index (χ4v) is 7.07. The number of benzene rings is 4. The van der Waals surface area contributed by atoms with Crippen LogP contribution in [0.15, 0.2) is 97.1 Å². The molecular weight excluding hydrogens is 572 g/mol. The van der Waals surface area contributed by atoms with Gasteiger partial charge in [0.15, 0.2) is 6.61 Å². The van der Waals surface area contributed by atoms with Crippen LogP contribution in [0.1, 0.15) is 61.7 Å². The fourth-order valence-electron chi connectivity index (χ4n) is 7.07. The summed E-state index contributed by atoms with van der Waals surface area (Å²) in [6.07, 6.45) is 0. The molecule has 0 unspecified atom stereocenters. The first-order valence-corrected chi connectivity index (χ1v) is 14.8. The number of carbonyl (C=O) groups is 5. The summed E-state index contributed by atoms with van der Waals surface area (Å²) in [5.74, 6) is -4.37. The predicted molar refractivity (Wildman–Crippen MR) is 164 cm³/mol. The van der Waals surface area contributed by atoms with Crippen LogP contribution in [0.25, 0.3) is 0 Å². The van der Waals surface area contributed by atoms with Gasteiger partial charge in [-0.25, -0.2) is 14.5 Å². The van der Waals surface area contributed by atoms with Crippen molar-refractivity contribution in [3.05, 3.63) is 130 Å². The number of imide groups is 1. The van der Waals surface area contributed by atoms with Crippen LogP contribution in [-0.4, -0.2) is 42.9 Å². The van der Waals surface area contributed by atoms with E-state index >= 15 is 0 Å². The van der Waals surface area contributed by atoms with Gasteiger partial charge in [0.2, 0.25) is 11.8 Å². The summed E-state index contributed by atoms with van der Waals surface area (Å²) < 4.78 is 10.3. The van der Waals surface area contributed by atoms with Crippen molar-refractivity contribution in [3.63, 3.8) is 0 Å². The second-order valence-corrected chi connectivity index (χ2v) is 11.2. The van der Waals surface area contributed by atoms with Gasteiger partial charge in [-0.2, -0.15) is 0 Å². The topological polar surface area (TPSA) is 119 Å². The third kappa shape index (κ3) is 4.59. The minimum absolute atomic E-state index is 0.00631. The smallest absolute Gasteiger partial charge is 0.340 e. The zero-order valence-corrected chi connectivity index (χ0v) is 24.3. The number of hydrogen-bond acceptors (Lipinski definition) is 7. The molecule has 0 aromatic heterocycles. The molecule has 4 aromatic carbocycles. The monoisotopic (exact) mass is 600 g/mol. The summed E-state index contributed by atoms with van der Waals surface area (Å²) in [5.41, 5.74) is 5.10. The van der Waals surface area contributed by atoms with E-state index in [9.17, 15) is 24.0 Å². The fraction of sp³-hybridized carbons (Fsp3) is 0.194. The molecule has 2 bridgehead atoms. The van der Waals surface area contributed by atoms with Crippen molar-refractivity contribution >= 4 is 41.0 Å². The van der Waals surface area contributed by atoms with E-state index in [0.29, 0.717) is 11.3 Å². The number of nitrogens with zero attached hydrogens (tertiary/aromatic N) is 1. The summed E-state index contributed by atoms with van der Waals surface area (Å²) in [7, 11) is 0. The van der Waals surface area contributed by atoms with Crippen molar-refractivity contribution < 1.29 is 33.4 Å². The first-order valence-electron chi connectivity index (χ1n) is 14.8. The lowest BCUT2D eigenvalue weighted by atomic mass is 9.55. The van der Waals surface area contributed by atoms with Crippen LogP contribution in [0.4, 0.5) is 11.4 Å². The molecule has 0 radical (unpaired) electrons. The van der Waals surface area contributed by atoms with Gasteiger partial charge in [-0.1, -0.05) is 60.7 Å². The van der Waals surface area contributed by atoms with Crippen LogP contribution >= 0.6 is 0 Å². The summed E-state index contributed by atoms with van der Waals surface area (Å²) in [4.78, 5) is 67.2. The Morgan fingerprint density at radius 2 is 1.18 bits per heavy atom. The molecule has 3 amide bonds. The summed E-state index contributed by atoms with van der Waals surface area (Å²) in [6, 6.07) is 28.3. The second kappa shape index (κ2) is 11.2. The number of para-hydroxylation sites is 1. The number of nitrogens with one attached hydrogen (secondary N) is 1. The number of rotatable bonds is 7. The average Bonchev–Trinajstić information content (AvgIpc) is 3.33. The molecule has 0 spiro atoms. The quantitative estimate of drug-likeness (QED) is 0.233. The van der Waals surface area contributed by atoms with Gasteiger partial charge < -0.3 is 14.8 Å². The van der Waals surface area contributed by atoms with Gasteiger partial charge in [-0.3, -0.25) is 14.4 Å². The van der Waals surface area contributed by atoms with E-state index in [-0.39, 0.29) is 41.5 Å². The minimum atomic E-state index is -0.844. The molecule has 1 aliphatic heterocycles. The average molecular weight is 601 g/mol. The molecule has 9 nitrogen and oxygen atoms in total. The zero-order valence-electron chi connectivity index (χ0n) is 24.3.